The first kappa shape index (κ1) is 12.3. The summed E-state index contributed by atoms with van der Waals surface area (Å²) in [5.41, 5.74) is 0.976. The summed E-state index contributed by atoms with van der Waals surface area (Å²) in [6.07, 6.45) is 4.46. The highest BCUT2D eigenvalue weighted by molar-refractivity contribution is 7.09. The number of nitrogens with zero attached hydrogens (tertiary/aromatic N) is 3. The summed E-state index contributed by atoms with van der Waals surface area (Å²) in [7, 11) is 0. The summed E-state index contributed by atoms with van der Waals surface area (Å²) in [5, 5.41) is 6.64. The average Bonchev–Trinajstić information content (AvgIpc) is 2.84. The van der Waals surface area contributed by atoms with Crippen LogP contribution in [0.1, 0.15) is 30.0 Å². The van der Waals surface area contributed by atoms with Crippen LogP contribution >= 0.6 is 22.9 Å². The van der Waals surface area contributed by atoms with Crippen molar-refractivity contribution in [2.24, 2.45) is 0 Å². The van der Waals surface area contributed by atoms with Crippen molar-refractivity contribution < 1.29 is 0 Å². The second-order valence-electron chi connectivity index (χ2n) is 3.65. The normalized spacial score (nSPS) is 12.4. The number of nitrogens with one attached hydrogen (secondary N) is 1. The molecule has 0 saturated heterocycles. The Balaban J connectivity index is 2.21. The quantitative estimate of drug-likeness (QED) is 0.863. The minimum Gasteiger partial charge on any atom is -0.360 e. The lowest BCUT2D eigenvalue weighted by Gasteiger charge is -2.16. The molecule has 90 valence electrons. The Morgan fingerprint density at radius 1 is 1.47 bits per heavy atom. The Morgan fingerprint density at radius 3 is 2.94 bits per heavy atom. The molecule has 1 unspecified atom stereocenters. The molecule has 4 nitrogen and oxygen atoms in total. The maximum atomic E-state index is 5.79. The molecule has 0 bridgehead atoms. The minimum atomic E-state index is 0.166. The Bertz CT molecular complexity index is 486. The van der Waals surface area contributed by atoms with Crippen molar-refractivity contribution in [2.45, 2.75) is 26.3 Å². The Morgan fingerprint density at radius 2 is 2.29 bits per heavy atom. The molecule has 0 aliphatic carbocycles. The second kappa shape index (κ2) is 5.42. The van der Waals surface area contributed by atoms with Crippen LogP contribution in [0.25, 0.3) is 0 Å². The number of hydrogen-bond acceptors (Lipinski definition) is 5. The monoisotopic (exact) mass is 268 g/mol. The first-order chi connectivity index (χ1) is 8.20. The molecule has 0 saturated carbocycles. The molecular weight excluding hydrogens is 256 g/mol. The van der Waals surface area contributed by atoms with E-state index in [2.05, 4.69) is 27.2 Å². The van der Waals surface area contributed by atoms with Gasteiger partial charge in [-0.1, -0.05) is 6.92 Å². The lowest BCUT2D eigenvalue weighted by atomic mass is 10.2. The fourth-order valence-electron chi connectivity index (χ4n) is 1.48. The van der Waals surface area contributed by atoms with E-state index in [-0.39, 0.29) is 11.3 Å². The predicted octanol–water partition coefficient (Wildman–Crippen LogP) is 3.46. The van der Waals surface area contributed by atoms with Gasteiger partial charge in [0.2, 0.25) is 5.28 Å². The van der Waals surface area contributed by atoms with Gasteiger partial charge in [-0.15, -0.1) is 11.3 Å². The number of rotatable bonds is 4. The number of halogens is 1. The van der Waals surface area contributed by atoms with Crippen LogP contribution in [0.3, 0.4) is 0 Å². The van der Waals surface area contributed by atoms with E-state index < -0.39 is 0 Å². The van der Waals surface area contributed by atoms with E-state index in [9.17, 15) is 0 Å². The molecule has 0 aliphatic rings. The van der Waals surface area contributed by atoms with Gasteiger partial charge in [0, 0.05) is 23.3 Å². The SMILES string of the molecule is CCC(Nc1nc(Cl)ncc1C)c1nccs1. The van der Waals surface area contributed by atoms with Crippen molar-refractivity contribution in [1.82, 2.24) is 15.0 Å². The lowest BCUT2D eigenvalue weighted by molar-refractivity contribution is 0.735. The molecule has 1 N–H and O–H groups in total. The smallest absolute Gasteiger partial charge is 0.224 e. The maximum Gasteiger partial charge on any atom is 0.224 e. The third-order valence-corrected chi connectivity index (χ3v) is 3.48. The molecule has 0 aromatic carbocycles. The van der Waals surface area contributed by atoms with Gasteiger partial charge in [-0.25, -0.2) is 15.0 Å². The highest BCUT2D eigenvalue weighted by atomic mass is 35.5. The van der Waals surface area contributed by atoms with Gasteiger partial charge in [-0.2, -0.15) is 0 Å². The highest BCUT2D eigenvalue weighted by Crippen LogP contribution is 2.25. The third kappa shape index (κ3) is 2.92. The van der Waals surface area contributed by atoms with Crippen LogP contribution in [0, 0.1) is 6.92 Å². The largest absolute Gasteiger partial charge is 0.360 e. The van der Waals surface area contributed by atoms with Gasteiger partial charge >= 0.3 is 0 Å². The van der Waals surface area contributed by atoms with Crippen LogP contribution in [-0.2, 0) is 0 Å². The fraction of sp³-hybridized carbons (Fsp3) is 0.364. The van der Waals surface area contributed by atoms with Crippen LogP contribution < -0.4 is 5.32 Å². The van der Waals surface area contributed by atoms with Gasteiger partial charge in [0.1, 0.15) is 10.8 Å². The predicted molar refractivity (Wildman–Crippen MR) is 70.5 cm³/mol. The summed E-state index contributed by atoms with van der Waals surface area (Å²) in [5.74, 6) is 0.770. The Hall–Kier alpha value is -1.20. The molecule has 0 amide bonds. The van der Waals surface area contributed by atoms with Gasteiger partial charge in [-0.3, -0.25) is 0 Å². The van der Waals surface area contributed by atoms with Gasteiger partial charge in [0.05, 0.1) is 6.04 Å². The Kier molecular flexibility index (Phi) is 3.91. The van der Waals surface area contributed by atoms with Crippen molar-refractivity contribution >= 4 is 28.8 Å². The van der Waals surface area contributed by atoms with E-state index in [1.54, 1.807) is 17.5 Å². The molecule has 0 aliphatic heterocycles. The van der Waals surface area contributed by atoms with Crippen LogP contribution in [0.2, 0.25) is 5.28 Å². The summed E-state index contributed by atoms with van der Waals surface area (Å²) in [6, 6.07) is 0.166. The summed E-state index contributed by atoms with van der Waals surface area (Å²) in [6.45, 7) is 4.06. The number of hydrogen-bond donors (Lipinski definition) is 1. The van der Waals surface area contributed by atoms with Crippen LogP contribution in [0.4, 0.5) is 5.82 Å². The first-order valence-corrected chi connectivity index (χ1v) is 6.61. The molecule has 1 atom stereocenters. The topological polar surface area (TPSA) is 50.7 Å². The van der Waals surface area contributed by atoms with Crippen molar-refractivity contribution in [3.05, 3.63) is 33.6 Å². The van der Waals surface area contributed by atoms with E-state index in [4.69, 9.17) is 11.6 Å². The highest BCUT2D eigenvalue weighted by Gasteiger charge is 2.13. The molecule has 2 heterocycles. The van der Waals surface area contributed by atoms with Gasteiger partial charge in [-0.05, 0) is 24.9 Å². The van der Waals surface area contributed by atoms with Crippen LogP contribution in [0.5, 0.6) is 0 Å². The Labute approximate surface area is 109 Å². The molecule has 2 aromatic heterocycles. The zero-order valence-electron chi connectivity index (χ0n) is 9.64. The van der Waals surface area contributed by atoms with E-state index in [1.165, 1.54) is 0 Å². The van der Waals surface area contributed by atoms with Crippen molar-refractivity contribution in [1.29, 1.82) is 0 Å². The summed E-state index contributed by atoms with van der Waals surface area (Å²) < 4.78 is 0. The third-order valence-electron chi connectivity index (χ3n) is 2.41. The van der Waals surface area contributed by atoms with Crippen molar-refractivity contribution in [3.63, 3.8) is 0 Å². The molecule has 17 heavy (non-hydrogen) atoms. The molecule has 0 radical (unpaired) electrons. The van der Waals surface area contributed by atoms with E-state index in [0.717, 1.165) is 22.8 Å². The van der Waals surface area contributed by atoms with E-state index >= 15 is 0 Å². The average molecular weight is 269 g/mol. The van der Waals surface area contributed by atoms with Crippen molar-refractivity contribution in [3.8, 4) is 0 Å². The van der Waals surface area contributed by atoms with E-state index in [0.29, 0.717) is 0 Å². The standard InChI is InChI=1S/C11H13ClN4S/c1-3-8(10-13-4-5-17-10)15-9-7(2)6-14-11(12)16-9/h4-6,8H,3H2,1-2H3,(H,14,15,16). The fourth-order valence-corrected chi connectivity index (χ4v) is 2.38. The maximum absolute atomic E-state index is 5.79. The minimum absolute atomic E-state index is 0.166. The van der Waals surface area contributed by atoms with Crippen LogP contribution in [-0.4, -0.2) is 15.0 Å². The van der Waals surface area contributed by atoms with Crippen LogP contribution in [0.15, 0.2) is 17.8 Å². The zero-order valence-corrected chi connectivity index (χ0v) is 11.2. The van der Waals surface area contributed by atoms with Crippen molar-refractivity contribution in [2.75, 3.05) is 5.32 Å². The number of aryl methyl sites for hydroxylation is 1. The molecule has 0 spiro atoms. The van der Waals surface area contributed by atoms with Gasteiger partial charge in [0.15, 0.2) is 0 Å². The molecular formula is C11H13ClN4S. The molecule has 6 heteroatoms. The lowest BCUT2D eigenvalue weighted by Crippen LogP contribution is -2.11. The molecule has 0 fully saturated rings. The summed E-state index contributed by atoms with van der Waals surface area (Å²) in [4.78, 5) is 12.4. The van der Waals surface area contributed by atoms with Gasteiger partial charge in [0.25, 0.3) is 0 Å². The molecule has 2 aromatic rings. The number of thiazole rings is 1. The van der Waals surface area contributed by atoms with E-state index in [1.807, 2.05) is 18.5 Å². The zero-order chi connectivity index (χ0) is 12.3. The number of anilines is 1. The molecule has 2 rings (SSSR count). The second-order valence-corrected chi connectivity index (χ2v) is 4.91. The number of aromatic nitrogens is 3. The van der Waals surface area contributed by atoms with Gasteiger partial charge < -0.3 is 5.32 Å². The first-order valence-electron chi connectivity index (χ1n) is 5.35. The summed E-state index contributed by atoms with van der Waals surface area (Å²) >= 11 is 7.43.